The van der Waals surface area contributed by atoms with Crippen molar-refractivity contribution in [1.29, 1.82) is 0 Å². The fraction of sp³-hybridized carbons (Fsp3) is 0.333. The Balaban J connectivity index is 2.04. The monoisotopic (exact) mass is 298 g/mol. The minimum Gasteiger partial charge on any atom is -0.456 e. The Morgan fingerprint density at radius 2 is 1.64 bits per heavy atom. The van der Waals surface area contributed by atoms with Gasteiger partial charge in [0.05, 0.1) is 16.7 Å². The van der Waals surface area contributed by atoms with Gasteiger partial charge in [-0.3, -0.25) is 0 Å². The van der Waals surface area contributed by atoms with E-state index in [1.54, 1.807) is 6.07 Å². The molecule has 0 bridgehead atoms. The van der Waals surface area contributed by atoms with Crippen LogP contribution in [0.2, 0.25) is 0 Å². The molecule has 2 aromatic carbocycles. The van der Waals surface area contributed by atoms with Gasteiger partial charge in [0.2, 0.25) is 0 Å². The molecule has 1 saturated heterocycles. The summed E-state index contributed by atoms with van der Waals surface area (Å²) in [5, 5.41) is 0.962. The molecule has 0 radical (unpaired) electrons. The second kappa shape index (κ2) is 4.37. The van der Waals surface area contributed by atoms with Crippen molar-refractivity contribution in [3.63, 3.8) is 0 Å². The van der Waals surface area contributed by atoms with Gasteiger partial charge in [-0.05, 0) is 45.3 Å². The van der Waals surface area contributed by atoms with Gasteiger partial charge in [-0.1, -0.05) is 30.3 Å². The SMILES string of the molecule is [2H]c1c([2H])c([2H])c2c(oc3cccc(B4OC(C)(C)C(C)(C)O4)c32)c1[2H]. The Labute approximate surface area is 136 Å². The van der Waals surface area contributed by atoms with Crippen molar-refractivity contribution < 1.29 is 19.2 Å². The zero-order valence-electron chi connectivity index (χ0n) is 17.0. The quantitative estimate of drug-likeness (QED) is 0.639. The minimum absolute atomic E-state index is 0.122. The molecule has 1 aliphatic rings. The van der Waals surface area contributed by atoms with Crippen LogP contribution in [0.15, 0.2) is 46.8 Å². The van der Waals surface area contributed by atoms with Gasteiger partial charge in [-0.15, -0.1) is 0 Å². The molecule has 1 aromatic heterocycles. The Morgan fingerprint density at radius 3 is 2.36 bits per heavy atom. The first kappa shape index (κ1) is 10.1. The average Bonchev–Trinajstić information content (AvgIpc) is 3.05. The molecular formula is C18H19BO3. The number of rotatable bonds is 1. The number of hydrogen-bond donors (Lipinski definition) is 0. The lowest BCUT2D eigenvalue weighted by atomic mass is 9.76. The fourth-order valence-corrected chi connectivity index (χ4v) is 2.73. The molecule has 0 atom stereocenters. The van der Waals surface area contributed by atoms with E-state index in [-0.39, 0.29) is 29.8 Å². The van der Waals surface area contributed by atoms with Crippen LogP contribution < -0.4 is 5.46 Å². The smallest absolute Gasteiger partial charge is 0.456 e. The molecule has 0 saturated carbocycles. The summed E-state index contributed by atoms with van der Waals surface area (Å²) in [6.07, 6.45) is 0. The van der Waals surface area contributed by atoms with Crippen molar-refractivity contribution in [1.82, 2.24) is 0 Å². The van der Waals surface area contributed by atoms with Crippen LogP contribution in [0.25, 0.3) is 21.9 Å². The van der Waals surface area contributed by atoms with E-state index in [0.29, 0.717) is 21.8 Å². The van der Waals surface area contributed by atoms with E-state index in [4.69, 9.17) is 19.2 Å². The molecule has 1 fully saturated rings. The Kier molecular flexibility index (Phi) is 2.00. The van der Waals surface area contributed by atoms with Gasteiger partial charge in [-0.25, -0.2) is 0 Å². The van der Waals surface area contributed by atoms with Crippen molar-refractivity contribution >= 4 is 34.5 Å². The third-order valence-corrected chi connectivity index (χ3v) is 4.68. The topological polar surface area (TPSA) is 31.6 Å². The van der Waals surface area contributed by atoms with Crippen LogP contribution in [0.4, 0.5) is 0 Å². The molecule has 0 unspecified atom stereocenters. The number of para-hydroxylation sites is 1. The first-order chi connectivity index (χ1) is 12.0. The van der Waals surface area contributed by atoms with Gasteiger partial charge in [0.15, 0.2) is 0 Å². The summed E-state index contributed by atoms with van der Waals surface area (Å²) in [5.74, 6) is 0. The van der Waals surface area contributed by atoms with E-state index in [0.717, 1.165) is 0 Å². The molecule has 4 rings (SSSR count). The lowest BCUT2D eigenvalue weighted by Gasteiger charge is -2.32. The molecule has 3 nitrogen and oxygen atoms in total. The number of furan rings is 1. The number of hydrogen-bond acceptors (Lipinski definition) is 3. The fourth-order valence-electron chi connectivity index (χ4n) is 2.73. The molecule has 0 amide bonds. The highest BCUT2D eigenvalue weighted by Gasteiger charge is 2.52. The maximum atomic E-state index is 8.32. The molecule has 4 heteroatoms. The predicted molar refractivity (Wildman–Crippen MR) is 89.4 cm³/mol. The second-order valence-corrected chi connectivity index (χ2v) is 6.61. The van der Waals surface area contributed by atoms with Crippen LogP contribution in [0, 0.1) is 0 Å². The molecule has 0 spiro atoms. The zero-order valence-corrected chi connectivity index (χ0v) is 13.0. The van der Waals surface area contributed by atoms with E-state index in [9.17, 15) is 0 Å². The molecular weight excluding hydrogens is 275 g/mol. The largest absolute Gasteiger partial charge is 0.495 e. The summed E-state index contributed by atoms with van der Waals surface area (Å²) in [5.41, 5.74) is 0.302. The molecule has 112 valence electrons. The first-order valence-corrected chi connectivity index (χ1v) is 7.32. The Bertz CT molecular complexity index is 1040. The van der Waals surface area contributed by atoms with Crippen molar-refractivity contribution in [2.24, 2.45) is 0 Å². The van der Waals surface area contributed by atoms with Crippen LogP contribution in [-0.4, -0.2) is 18.3 Å². The summed E-state index contributed by atoms with van der Waals surface area (Å²) in [7, 11) is -0.650. The van der Waals surface area contributed by atoms with Gasteiger partial charge in [0.25, 0.3) is 0 Å². The zero-order chi connectivity index (χ0) is 19.0. The standard InChI is InChI=1S/C18H19BO3/c1-17(2)18(3,4)22-19(21-17)13-9-7-11-15-16(13)12-8-5-6-10-14(12)20-15/h5-11H,1-4H3/i5D,6D,8D,10D. The van der Waals surface area contributed by atoms with Gasteiger partial charge < -0.3 is 13.7 Å². The van der Waals surface area contributed by atoms with Crippen molar-refractivity contribution in [3.05, 3.63) is 42.4 Å². The van der Waals surface area contributed by atoms with Crippen molar-refractivity contribution in [3.8, 4) is 0 Å². The lowest BCUT2D eigenvalue weighted by Crippen LogP contribution is -2.41. The van der Waals surface area contributed by atoms with E-state index < -0.39 is 18.3 Å². The van der Waals surface area contributed by atoms with E-state index >= 15 is 0 Å². The second-order valence-electron chi connectivity index (χ2n) is 6.61. The van der Waals surface area contributed by atoms with Gasteiger partial charge in [0, 0.05) is 10.8 Å². The Morgan fingerprint density at radius 1 is 0.955 bits per heavy atom. The predicted octanol–water partition coefficient (Wildman–Crippen LogP) is 3.89. The summed E-state index contributed by atoms with van der Waals surface area (Å²) in [4.78, 5) is 0. The van der Waals surface area contributed by atoms with E-state index in [2.05, 4.69) is 0 Å². The van der Waals surface area contributed by atoms with Crippen LogP contribution in [0.3, 0.4) is 0 Å². The molecule has 0 aliphatic carbocycles. The van der Waals surface area contributed by atoms with Crippen molar-refractivity contribution in [2.75, 3.05) is 0 Å². The van der Waals surface area contributed by atoms with Crippen LogP contribution in [-0.2, 0) is 9.31 Å². The molecule has 2 heterocycles. The molecule has 3 aromatic rings. The highest BCUT2D eigenvalue weighted by Crippen LogP contribution is 2.37. The Hall–Kier alpha value is -1.78. The van der Waals surface area contributed by atoms with E-state index in [1.165, 1.54) is 0 Å². The normalized spacial score (nSPS) is 22.6. The van der Waals surface area contributed by atoms with E-state index in [1.807, 2.05) is 39.8 Å². The third kappa shape index (κ3) is 1.84. The number of fused-ring (bicyclic) bond motifs is 3. The van der Waals surface area contributed by atoms with Crippen LogP contribution in [0.5, 0.6) is 0 Å². The number of benzene rings is 2. The average molecular weight is 298 g/mol. The van der Waals surface area contributed by atoms with Crippen molar-refractivity contribution in [2.45, 2.75) is 38.9 Å². The molecule has 22 heavy (non-hydrogen) atoms. The summed E-state index contributed by atoms with van der Waals surface area (Å²) < 4.78 is 50.4. The maximum absolute atomic E-state index is 8.32. The van der Waals surface area contributed by atoms with Gasteiger partial charge in [0.1, 0.15) is 11.2 Å². The van der Waals surface area contributed by atoms with Gasteiger partial charge in [-0.2, -0.15) is 0 Å². The highest BCUT2D eigenvalue weighted by atomic mass is 16.7. The molecule has 0 N–H and O–H groups in total. The summed E-state index contributed by atoms with van der Waals surface area (Å²) in [6.45, 7) is 7.86. The van der Waals surface area contributed by atoms with Gasteiger partial charge >= 0.3 is 7.12 Å². The first-order valence-electron chi connectivity index (χ1n) is 9.32. The van der Waals surface area contributed by atoms with Crippen LogP contribution >= 0.6 is 0 Å². The molecule has 1 aliphatic heterocycles. The highest BCUT2D eigenvalue weighted by molar-refractivity contribution is 6.66. The third-order valence-electron chi connectivity index (χ3n) is 4.68. The summed E-state index contributed by atoms with van der Waals surface area (Å²) >= 11 is 0. The minimum atomic E-state index is -0.650. The maximum Gasteiger partial charge on any atom is 0.495 e. The lowest BCUT2D eigenvalue weighted by molar-refractivity contribution is 0.00578. The summed E-state index contributed by atoms with van der Waals surface area (Å²) in [6, 6.07) is 4.51. The van der Waals surface area contributed by atoms with Crippen LogP contribution in [0.1, 0.15) is 33.2 Å².